The number of hydrogen-bond donors (Lipinski definition) is 0. The summed E-state index contributed by atoms with van der Waals surface area (Å²) in [6.45, 7) is 14.9. The van der Waals surface area contributed by atoms with Crippen molar-refractivity contribution in [2.75, 3.05) is 39.6 Å². The van der Waals surface area contributed by atoms with Crippen LogP contribution in [0.1, 0.15) is 41.5 Å². The molecule has 0 aliphatic carbocycles. The van der Waals surface area contributed by atoms with Gasteiger partial charge in [0.25, 0.3) is 0 Å². The molecule has 0 spiro atoms. The van der Waals surface area contributed by atoms with Crippen molar-refractivity contribution in [3.63, 3.8) is 0 Å². The van der Waals surface area contributed by atoms with Gasteiger partial charge in [0.05, 0.1) is 22.8 Å². The van der Waals surface area contributed by atoms with Gasteiger partial charge >= 0.3 is 17.6 Å². The molecule has 0 aliphatic heterocycles. The third-order valence-electron chi connectivity index (χ3n) is 6.09. The number of hydrogen-bond acceptors (Lipinski definition) is 10. The summed E-state index contributed by atoms with van der Waals surface area (Å²) in [5.41, 5.74) is 3.31. The van der Waals surface area contributed by atoms with E-state index in [1.54, 1.807) is 24.8 Å². The van der Waals surface area contributed by atoms with Crippen molar-refractivity contribution in [1.82, 2.24) is 19.9 Å². The first-order chi connectivity index (χ1) is 21.5. The number of nitrogens with zero attached hydrogens (tertiary/aromatic N) is 4. The average molecular weight is 729 g/mol. The SMILES string of the molecule is CCO[Si](OCC)(OCC)c1ccc(-c2ccccn2)nc1.CCO[Si](OCC)(OCC)c1ccc(-c2ccccn2)nc1.O.O.[Fe]. The van der Waals surface area contributed by atoms with E-state index in [0.717, 1.165) is 33.1 Å². The Kier molecular flexibility index (Phi) is 22.2. The van der Waals surface area contributed by atoms with Crippen molar-refractivity contribution in [3.8, 4) is 22.8 Å². The molecule has 0 amide bonds. The summed E-state index contributed by atoms with van der Waals surface area (Å²) in [4.78, 5) is 17.6. The fourth-order valence-corrected chi connectivity index (χ4v) is 9.17. The van der Waals surface area contributed by atoms with Gasteiger partial charge in [-0.2, -0.15) is 0 Å². The van der Waals surface area contributed by atoms with Crippen LogP contribution in [0.4, 0.5) is 0 Å². The maximum absolute atomic E-state index is 5.88. The monoisotopic (exact) mass is 728 g/mol. The molecule has 4 rings (SSSR count). The maximum atomic E-state index is 5.88. The number of pyridine rings is 4. The molecule has 4 N–H and O–H groups in total. The van der Waals surface area contributed by atoms with E-state index in [9.17, 15) is 0 Å². The minimum absolute atomic E-state index is 0. The van der Waals surface area contributed by atoms with Gasteiger partial charge in [-0.05, 0) is 77.9 Å². The van der Waals surface area contributed by atoms with Gasteiger partial charge in [-0.1, -0.05) is 24.3 Å². The molecule has 0 unspecified atom stereocenters. The second kappa shape index (κ2) is 23.5. The minimum atomic E-state index is -2.88. The van der Waals surface area contributed by atoms with Crippen molar-refractivity contribution in [3.05, 3.63) is 85.5 Å². The van der Waals surface area contributed by atoms with E-state index in [1.165, 1.54) is 0 Å². The Morgan fingerprint density at radius 3 is 0.936 bits per heavy atom. The van der Waals surface area contributed by atoms with E-state index >= 15 is 0 Å². The zero-order valence-corrected chi connectivity index (χ0v) is 31.0. The van der Waals surface area contributed by atoms with Gasteiger partial charge in [0.1, 0.15) is 0 Å². The van der Waals surface area contributed by atoms with Crippen LogP contribution in [0.2, 0.25) is 0 Å². The molecular formula is C32H48FeN4O8Si2. The first kappa shape index (κ1) is 44.2. The summed E-state index contributed by atoms with van der Waals surface area (Å²) in [5.74, 6) is 0. The van der Waals surface area contributed by atoms with E-state index in [0.29, 0.717) is 39.6 Å². The van der Waals surface area contributed by atoms with Crippen LogP contribution in [-0.4, -0.2) is 88.1 Å². The Morgan fingerprint density at radius 2 is 0.723 bits per heavy atom. The molecule has 0 saturated carbocycles. The standard InChI is InChI=1S/2C16H22N2O3Si.Fe.2H2O/c2*1-4-19-22(20-5-2,21-6-3)14-10-11-16(18-13-14)15-9-7-8-12-17-15;;;/h2*7-13H,4-6H2,1-3H3;;2*1H2. The molecule has 15 heteroatoms. The molecule has 4 aromatic heterocycles. The Labute approximate surface area is 291 Å². The largest absolute Gasteiger partial charge is 0.538 e. The van der Waals surface area contributed by atoms with Crippen molar-refractivity contribution in [1.29, 1.82) is 0 Å². The van der Waals surface area contributed by atoms with Gasteiger partial charge in [-0.3, -0.25) is 19.9 Å². The van der Waals surface area contributed by atoms with Gasteiger partial charge in [0.2, 0.25) is 0 Å². The first-order valence-corrected chi connectivity index (χ1v) is 18.6. The van der Waals surface area contributed by atoms with Crippen LogP contribution in [0, 0.1) is 0 Å². The molecule has 0 atom stereocenters. The van der Waals surface area contributed by atoms with Gasteiger partial charge in [-0.25, -0.2) is 0 Å². The van der Waals surface area contributed by atoms with E-state index in [4.69, 9.17) is 26.6 Å². The van der Waals surface area contributed by atoms with Crippen LogP contribution in [0.5, 0.6) is 0 Å². The number of rotatable bonds is 16. The Bertz CT molecular complexity index is 1210. The van der Waals surface area contributed by atoms with Gasteiger partial charge < -0.3 is 37.5 Å². The van der Waals surface area contributed by atoms with Gasteiger partial charge in [-0.15, -0.1) is 0 Å². The topological polar surface area (TPSA) is 170 Å². The summed E-state index contributed by atoms with van der Waals surface area (Å²) in [5, 5.41) is 1.75. The van der Waals surface area contributed by atoms with Crippen molar-refractivity contribution in [2.45, 2.75) is 41.5 Å². The van der Waals surface area contributed by atoms with Crippen LogP contribution in [0.15, 0.2) is 85.5 Å². The van der Waals surface area contributed by atoms with Gasteiger partial charge in [0, 0.05) is 91.9 Å². The second-order valence-corrected chi connectivity index (χ2v) is 14.1. The molecule has 0 bridgehead atoms. The Balaban J connectivity index is 0.000000846. The minimum Gasteiger partial charge on any atom is -0.412 e. The molecular weight excluding hydrogens is 680 g/mol. The Hall–Kier alpha value is -2.77. The predicted molar refractivity (Wildman–Crippen MR) is 183 cm³/mol. The van der Waals surface area contributed by atoms with E-state index in [2.05, 4.69) is 19.9 Å². The van der Waals surface area contributed by atoms with Crippen molar-refractivity contribution in [2.24, 2.45) is 0 Å². The molecule has 12 nitrogen and oxygen atoms in total. The molecule has 4 heterocycles. The summed E-state index contributed by atoms with van der Waals surface area (Å²) in [6, 6.07) is 19.3. The zero-order chi connectivity index (χ0) is 31.7. The molecule has 0 fully saturated rings. The summed E-state index contributed by atoms with van der Waals surface area (Å²) < 4.78 is 35.3. The first-order valence-electron chi connectivity index (χ1n) is 15.1. The van der Waals surface area contributed by atoms with Gasteiger partial charge in [0.15, 0.2) is 0 Å². The third kappa shape index (κ3) is 12.3. The van der Waals surface area contributed by atoms with Crippen LogP contribution >= 0.6 is 0 Å². The van der Waals surface area contributed by atoms with E-state index in [-0.39, 0.29) is 28.0 Å². The summed E-state index contributed by atoms with van der Waals surface area (Å²) >= 11 is 0. The molecule has 47 heavy (non-hydrogen) atoms. The average Bonchev–Trinajstić information content (AvgIpc) is 3.07. The molecule has 0 radical (unpaired) electrons. The van der Waals surface area contributed by atoms with Crippen molar-refractivity contribution >= 4 is 28.0 Å². The van der Waals surface area contributed by atoms with Crippen molar-refractivity contribution < 1.29 is 54.6 Å². The second-order valence-electron chi connectivity index (χ2n) is 9.00. The molecule has 0 aromatic carbocycles. The third-order valence-corrected chi connectivity index (χ3v) is 12.1. The fourth-order valence-electron chi connectivity index (χ4n) is 4.37. The molecule has 4 aromatic rings. The van der Waals surface area contributed by atoms with Crippen LogP contribution < -0.4 is 10.4 Å². The summed E-state index contributed by atoms with van der Waals surface area (Å²) in [6.07, 6.45) is 7.06. The molecule has 0 saturated heterocycles. The van der Waals surface area contributed by atoms with E-state index < -0.39 is 17.6 Å². The normalized spacial score (nSPS) is 10.9. The predicted octanol–water partition coefficient (Wildman–Crippen LogP) is 3.15. The molecule has 0 aliphatic rings. The Morgan fingerprint density at radius 1 is 0.426 bits per heavy atom. The smallest absolute Gasteiger partial charge is 0.412 e. The summed E-state index contributed by atoms with van der Waals surface area (Å²) in [7, 11) is -5.76. The van der Waals surface area contributed by atoms with Crippen LogP contribution in [-0.2, 0) is 43.6 Å². The zero-order valence-electron chi connectivity index (χ0n) is 27.9. The van der Waals surface area contributed by atoms with Crippen LogP contribution in [0.25, 0.3) is 22.8 Å². The molecule has 260 valence electrons. The quantitative estimate of drug-likeness (QED) is 0.156. The fraction of sp³-hybridized carbons (Fsp3) is 0.375. The number of aromatic nitrogens is 4. The van der Waals surface area contributed by atoms with Crippen LogP contribution in [0.3, 0.4) is 0 Å². The maximum Gasteiger partial charge on any atom is 0.538 e. The van der Waals surface area contributed by atoms with E-state index in [1.807, 2.05) is 102 Å².